The molecule has 1 fully saturated rings. The van der Waals surface area contributed by atoms with Crippen molar-refractivity contribution < 1.29 is 35.9 Å². The number of rotatable bonds is 5. The number of nitrogens with zero attached hydrogens (tertiary/aromatic N) is 4. The molecule has 0 N–H and O–H groups in total. The quantitative estimate of drug-likeness (QED) is 0.149. The molecule has 0 aliphatic heterocycles. The van der Waals surface area contributed by atoms with E-state index in [2.05, 4.69) is 15.0 Å². The van der Waals surface area contributed by atoms with Crippen LogP contribution in [0.3, 0.4) is 0 Å². The molecule has 12 heteroatoms. The minimum Gasteiger partial charge on any atom is -0.268 e. The monoisotopic (exact) mass is 570 g/mol. The third kappa shape index (κ3) is 5.81. The molecular weight excluding hydrogens is 550 g/mol. The van der Waals surface area contributed by atoms with Crippen molar-refractivity contribution in [1.29, 1.82) is 0 Å². The third-order valence-electron chi connectivity index (χ3n) is 6.85. The van der Waals surface area contributed by atoms with E-state index in [1.165, 1.54) is 12.3 Å². The number of pyridine rings is 3. The standard InChI is InChI=1S/C29H20F6N4O2/c30-19-3-4-22(31)21(13-19)20-9-12-36-25(16-7-10-29(34,35)11-8-16)26(20)39(27(40)17-1-5-23(32)37-14-17)28(41)18-2-6-24(33)38-15-18/h1-6,9,12-16H,7-8,10-11H2. The lowest BCUT2D eigenvalue weighted by Crippen LogP contribution is -2.39. The summed E-state index contributed by atoms with van der Waals surface area (Å²) in [6.07, 6.45) is 1.85. The fourth-order valence-electron chi connectivity index (χ4n) is 4.80. The minimum absolute atomic E-state index is 0.0218. The summed E-state index contributed by atoms with van der Waals surface area (Å²) in [6.45, 7) is 0. The molecule has 41 heavy (non-hydrogen) atoms. The van der Waals surface area contributed by atoms with Crippen molar-refractivity contribution in [2.24, 2.45) is 0 Å². The third-order valence-corrected chi connectivity index (χ3v) is 6.85. The topological polar surface area (TPSA) is 76.1 Å². The first-order chi connectivity index (χ1) is 19.5. The van der Waals surface area contributed by atoms with E-state index in [9.17, 15) is 31.5 Å². The first-order valence-corrected chi connectivity index (χ1v) is 12.5. The number of anilines is 1. The van der Waals surface area contributed by atoms with Crippen LogP contribution in [0, 0.1) is 23.5 Å². The van der Waals surface area contributed by atoms with Crippen LogP contribution in [0.2, 0.25) is 0 Å². The van der Waals surface area contributed by atoms with Crippen molar-refractivity contribution >= 4 is 17.5 Å². The number of aromatic nitrogens is 3. The number of imide groups is 1. The summed E-state index contributed by atoms with van der Waals surface area (Å²) in [6, 6.07) is 7.75. The van der Waals surface area contributed by atoms with Crippen LogP contribution in [-0.4, -0.2) is 32.7 Å². The summed E-state index contributed by atoms with van der Waals surface area (Å²) in [5, 5.41) is 0. The summed E-state index contributed by atoms with van der Waals surface area (Å²) in [5.41, 5.74) is -1.23. The van der Waals surface area contributed by atoms with E-state index in [0.29, 0.717) is 4.90 Å². The van der Waals surface area contributed by atoms with Gasteiger partial charge in [-0.05, 0) is 61.4 Å². The Labute approximate surface area is 229 Å². The van der Waals surface area contributed by atoms with Crippen LogP contribution >= 0.6 is 0 Å². The molecule has 0 atom stereocenters. The number of carbonyl (C=O) groups is 2. The first kappa shape index (κ1) is 27.9. The van der Waals surface area contributed by atoms with Gasteiger partial charge < -0.3 is 0 Å². The molecule has 5 rings (SSSR count). The molecule has 0 bridgehead atoms. The van der Waals surface area contributed by atoms with Gasteiger partial charge in [-0.3, -0.25) is 14.6 Å². The maximum absolute atomic E-state index is 15.1. The number of amides is 2. The van der Waals surface area contributed by atoms with Crippen molar-refractivity contribution in [3.8, 4) is 11.1 Å². The Balaban J connectivity index is 1.77. The van der Waals surface area contributed by atoms with Gasteiger partial charge >= 0.3 is 0 Å². The van der Waals surface area contributed by atoms with E-state index in [0.717, 1.165) is 54.9 Å². The fraction of sp³-hybridized carbons (Fsp3) is 0.207. The number of hydrogen-bond acceptors (Lipinski definition) is 5. The average Bonchev–Trinajstić information content (AvgIpc) is 2.95. The van der Waals surface area contributed by atoms with Crippen molar-refractivity contribution in [1.82, 2.24) is 15.0 Å². The molecule has 3 aromatic heterocycles. The summed E-state index contributed by atoms with van der Waals surface area (Å²) in [5.74, 6) is -9.26. The van der Waals surface area contributed by atoms with Gasteiger partial charge in [0, 0.05) is 48.5 Å². The van der Waals surface area contributed by atoms with Crippen LogP contribution in [0.5, 0.6) is 0 Å². The molecule has 0 saturated heterocycles. The smallest absolute Gasteiger partial charge is 0.266 e. The molecule has 6 nitrogen and oxygen atoms in total. The second-order valence-electron chi connectivity index (χ2n) is 9.53. The van der Waals surface area contributed by atoms with E-state index in [4.69, 9.17) is 0 Å². The number of benzene rings is 1. The number of alkyl halides is 2. The Morgan fingerprint density at radius 1 is 0.756 bits per heavy atom. The van der Waals surface area contributed by atoms with Crippen LogP contribution in [0.25, 0.3) is 11.1 Å². The maximum Gasteiger partial charge on any atom is 0.266 e. The highest BCUT2D eigenvalue weighted by Gasteiger charge is 2.39. The van der Waals surface area contributed by atoms with E-state index in [-0.39, 0.29) is 46.5 Å². The van der Waals surface area contributed by atoms with Gasteiger partial charge in [0.25, 0.3) is 11.8 Å². The van der Waals surface area contributed by atoms with Gasteiger partial charge in [-0.2, -0.15) is 8.78 Å². The van der Waals surface area contributed by atoms with Crippen LogP contribution in [0.4, 0.5) is 32.0 Å². The van der Waals surface area contributed by atoms with Crippen molar-refractivity contribution in [3.05, 3.63) is 107 Å². The molecule has 210 valence electrons. The molecule has 1 saturated carbocycles. The van der Waals surface area contributed by atoms with Crippen molar-refractivity contribution in [3.63, 3.8) is 0 Å². The second-order valence-corrected chi connectivity index (χ2v) is 9.53. The second kappa shape index (κ2) is 11.1. The Morgan fingerprint density at radius 3 is 1.88 bits per heavy atom. The average molecular weight is 570 g/mol. The van der Waals surface area contributed by atoms with Gasteiger partial charge in [-0.15, -0.1) is 0 Å². The zero-order valence-electron chi connectivity index (χ0n) is 21.1. The fourth-order valence-corrected chi connectivity index (χ4v) is 4.80. The molecule has 0 unspecified atom stereocenters. The predicted molar refractivity (Wildman–Crippen MR) is 135 cm³/mol. The first-order valence-electron chi connectivity index (χ1n) is 12.5. The lowest BCUT2D eigenvalue weighted by atomic mass is 9.82. The van der Waals surface area contributed by atoms with Gasteiger partial charge in [0.05, 0.1) is 22.5 Å². The van der Waals surface area contributed by atoms with Gasteiger partial charge in [-0.25, -0.2) is 32.4 Å². The van der Waals surface area contributed by atoms with E-state index < -0.39 is 60.0 Å². The Bertz CT molecular complexity index is 1550. The van der Waals surface area contributed by atoms with Gasteiger partial charge in [0.1, 0.15) is 11.6 Å². The molecule has 2 amide bonds. The molecule has 1 aliphatic carbocycles. The molecule has 0 radical (unpaired) electrons. The van der Waals surface area contributed by atoms with Gasteiger partial charge in [0.2, 0.25) is 17.8 Å². The normalized spacial score (nSPS) is 15.0. The van der Waals surface area contributed by atoms with E-state index >= 15 is 4.39 Å². The lowest BCUT2D eigenvalue weighted by Gasteiger charge is -2.32. The zero-order valence-corrected chi connectivity index (χ0v) is 21.1. The largest absolute Gasteiger partial charge is 0.268 e. The Morgan fingerprint density at radius 2 is 1.34 bits per heavy atom. The summed E-state index contributed by atoms with van der Waals surface area (Å²) < 4.78 is 84.7. The summed E-state index contributed by atoms with van der Waals surface area (Å²) in [4.78, 5) is 39.7. The molecule has 1 aromatic carbocycles. The molecule has 3 heterocycles. The number of carbonyl (C=O) groups excluding carboxylic acids is 2. The van der Waals surface area contributed by atoms with Crippen molar-refractivity contribution in [2.75, 3.05) is 4.90 Å². The Kier molecular flexibility index (Phi) is 7.57. The van der Waals surface area contributed by atoms with Crippen LogP contribution in [0.1, 0.15) is 58.0 Å². The summed E-state index contributed by atoms with van der Waals surface area (Å²) >= 11 is 0. The highest BCUT2D eigenvalue weighted by Crippen LogP contribution is 2.46. The highest BCUT2D eigenvalue weighted by atomic mass is 19.3. The molecular formula is C29H20F6N4O2. The highest BCUT2D eigenvalue weighted by molar-refractivity contribution is 6.27. The van der Waals surface area contributed by atoms with Crippen molar-refractivity contribution in [2.45, 2.75) is 37.5 Å². The van der Waals surface area contributed by atoms with E-state index in [1.54, 1.807) is 0 Å². The number of hydrogen-bond donors (Lipinski definition) is 0. The van der Waals surface area contributed by atoms with Gasteiger partial charge in [0.15, 0.2) is 0 Å². The predicted octanol–water partition coefficient (Wildman–Crippen LogP) is 6.88. The summed E-state index contributed by atoms with van der Waals surface area (Å²) in [7, 11) is 0. The van der Waals surface area contributed by atoms with Crippen LogP contribution < -0.4 is 4.90 Å². The lowest BCUT2D eigenvalue weighted by molar-refractivity contribution is -0.0384. The number of halogens is 6. The molecule has 0 spiro atoms. The van der Waals surface area contributed by atoms with Gasteiger partial charge in [-0.1, -0.05) is 0 Å². The molecule has 1 aliphatic rings. The van der Waals surface area contributed by atoms with Crippen LogP contribution in [0.15, 0.2) is 67.1 Å². The molecule has 4 aromatic rings. The van der Waals surface area contributed by atoms with E-state index in [1.807, 2.05) is 0 Å². The zero-order chi connectivity index (χ0) is 29.3. The minimum atomic E-state index is -2.92. The Hall–Kier alpha value is -4.61. The SMILES string of the molecule is O=C(c1ccc(F)nc1)N(C(=O)c1ccc(F)nc1)c1c(-c2cc(F)ccc2F)ccnc1C1CCC(F)(F)CC1. The van der Waals surface area contributed by atoms with Crippen LogP contribution in [-0.2, 0) is 0 Å². The maximum atomic E-state index is 15.1.